The molecule has 16 heavy (non-hydrogen) atoms. The molecule has 82 valence electrons. The third kappa shape index (κ3) is 1.21. The molecule has 0 heterocycles. The molecule has 1 atom stereocenters. The van der Waals surface area contributed by atoms with Gasteiger partial charge in [0.2, 0.25) is 0 Å². The van der Waals surface area contributed by atoms with Crippen LogP contribution in [-0.2, 0) is 5.41 Å². The van der Waals surface area contributed by atoms with Crippen molar-refractivity contribution in [3.8, 4) is 0 Å². The Kier molecular flexibility index (Phi) is 2.16. The van der Waals surface area contributed by atoms with E-state index in [1.165, 1.54) is 16.7 Å². The van der Waals surface area contributed by atoms with Crippen LogP contribution in [0.5, 0.6) is 0 Å². The van der Waals surface area contributed by atoms with Gasteiger partial charge < -0.3 is 0 Å². The van der Waals surface area contributed by atoms with E-state index in [1.807, 2.05) is 0 Å². The number of fused-ring (bicyclic) bond motifs is 2. The molecular formula is C15H15Br. The Morgan fingerprint density at radius 2 is 2.00 bits per heavy atom. The van der Waals surface area contributed by atoms with Crippen LogP contribution in [0.25, 0.3) is 5.57 Å². The van der Waals surface area contributed by atoms with Crippen molar-refractivity contribution in [3.05, 3.63) is 53.1 Å². The fraction of sp³-hybridized carbons (Fsp3) is 0.333. The van der Waals surface area contributed by atoms with E-state index in [1.54, 1.807) is 5.57 Å². The van der Waals surface area contributed by atoms with Gasteiger partial charge in [0.15, 0.2) is 0 Å². The second-order valence-electron chi connectivity index (χ2n) is 5.10. The zero-order valence-corrected chi connectivity index (χ0v) is 11.2. The molecule has 1 heteroatoms. The van der Waals surface area contributed by atoms with Gasteiger partial charge in [0.25, 0.3) is 0 Å². The highest BCUT2D eigenvalue weighted by Gasteiger charge is 2.40. The Morgan fingerprint density at radius 1 is 1.25 bits per heavy atom. The number of alkyl halides is 1. The van der Waals surface area contributed by atoms with Crippen LogP contribution in [0, 0.1) is 0 Å². The largest absolute Gasteiger partial charge is 0.0838 e. The van der Waals surface area contributed by atoms with E-state index < -0.39 is 0 Å². The molecule has 0 radical (unpaired) electrons. The standard InChI is InChI=1S/C15H15Br/c1-15(2)12-8-4-3-6-10(12)11-7-5-9-13(16)14(11)15/h3-8,13H,9H2,1-2H3. The third-order valence-corrected chi connectivity index (χ3v) is 4.63. The lowest BCUT2D eigenvalue weighted by molar-refractivity contribution is 0.615. The van der Waals surface area contributed by atoms with Crippen molar-refractivity contribution in [3.63, 3.8) is 0 Å². The predicted molar refractivity (Wildman–Crippen MR) is 72.9 cm³/mol. The summed E-state index contributed by atoms with van der Waals surface area (Å²) in [7, 11) is 0. The Hall–Kier alpha value is -0.820. The minimum atomic E-state index is 0.171. The van der Waals surface area contributed by atoms with Gasteiger partial charge in [0.1, 0.15) is 0 Å². The fourth-order valence-corrected chi connectivity index (χ4v) is 4.09. The molecule has 0 saturated carbocycles. The first-order chi connectivity index (χ1) is 7.62. The Bertz CT molecular complexity index is 506. The van der Waals surface area contributed by atoms with E-state index in [-0.39, 0.29) is 5.41 Å². The molecular weight excluding hydrogens is 260 g/mol. The lowest BCUT2D eigenvalue weighted by Crippen LogP contribution is -2.23. The summed E-state index contributed by atoms with van der Waals surface area (Å²) in [5, 5.41) is 0. The minimum Gasteiger partial charge on any atom is -0.0838 e. The maximum absolute atomic E-state index is 3.82. The molecule has 0 amide bonds. The molecule has 0 nitrogen and oxygen atoms in total. The second-order valence-corrected chi connectivity index (χ2v) is 6.21. The van der Waals surface area contributed by atoms with Crippen molar-refractivity contribution in [2.45, 2.75) is 30.5 Å². The van der Waals surface area contributed by atoms with Crippen LogP contribution in [0.4, 0.5) is 0 Å². The van der Waals surface area contributed by atoms with Crippen LogP contribution < -0.4 is 0 Å². The molecule has 0 bridgehead atoms. The van der Waals surface area contributed by atoms with E-state index >= 15 is 0 Å². The number of allylic oxidation sites excluding steroid dienone is 4. The van der Waals surface area contributed by atoms with E-state index in [0.717, 1.165) is 6.42 Å². The van der Waals surface area contributed by atoms with E-state index in [2.05, 4.69) is 66.2 Å². The topological polar surface area (TPSA) is 0 Å². The van der Waals surface area contributed by atoms with E-state index in [4.69, 9.17) is 0 Å². The molecule has 3 rings (SSSR count). The molecule has 1 aromatic rings. The maximum Gasteiger partial charge on any atom is 0.0406 e. The van der Waals surface area contributed by atoms with Gasteiger partial charge in [0.05, 0.1) is 0 Å². The average molecular weight is 275 g/mol. The molecule has 0 spiro atoms. The Morgan fingerprint density at radius 3 is 2.81 bits per heavy atom. The quantitative estimate of drug-likeness (QED) is 0.613. The summed E-state index contributed by atoms with van der Waals surface area (Å²) in [4.78, 5) is 0.495. The maximum atomic E-state index is 3.82. The normalized spacial score (nSPS) is 25.6. The number of hydrogen-bond acceptors (Lipinski definition) is 0. The molecule has 0 saturated heterocycles. The second kappa shape index (κ2) is 3.33. The van der Waals surface area contributed by atoms with Crippen LogP contribution in [0.15, 0.2) is 42.0 Å². The van der Waals surface area contributed by atoms with Crippen molar-refractivity contribution >= 4 is 21.5 Å². The average Bonchev–Trinajstić information content (AvgIpc) is 2.50. The number of rotatable bonds is 0. The SMILES string of the molecule is CC1(C)C2=C(C=CCC2Br)c2ccccc21. The van der Waals surface area contributed by atoms with E-state index in [9.17, 15) is 0 Å². The van der Waals surface area contributed by atoms with Gasteiger partial charge in [-0.3, -0.25) is 0 Å². The van der Waals surface area contributed by atoms with Gasteiger partial charge in [0, 0.05) is 10.2 Å². The van der Waals surface area contributed by atoms with Crippen molar-refractivity contribution in [1.29, 1.82) is 0 Å². The fourth-order valence-electron chi connectivity index (χ4n) is 3.05. The molecule has 1 aromatic carbocycles. The molecule has 0 N–H and O–H groups in total. The first-order valence-electron chi connectivity index (χ1n) is 5.77. The molecule has 1 unspecified atom stereocenters. The van der Waals surface area contributed by atoms with Crippen molar-refractivity contribution in [2.24, 2.45) is 0 Å². The predicted octanol–water partition coefficient (Wildman–Crippen LogP) is 4.45. The smallest absolute Gasteiger partial charge is 0.0406 e. The van der Waals surface area contributed by atoms with Crippen LogP contribution in [0.3, 0.4) is 0 Å². The highest BCUT2D eigenvalue weighted by Crippen LogP contribution is 2.51. The summed E-state index contributed by atoms with van der Waals surface area (Å²) in [5.74, 6) is 0. The van der Waals surface area contributed by atoms with Gasteiger partial charge in [-0.15, -0.1) is 0 Å². The van der Waals surface area contributed by atoms with Crippen LogP contribution in [-0.4, -0.2) is 4.83 Å². The number of hydrogen-bond donors (Lipinski definition) is 0. The van der Waals surface area contributed by atoms with Gasteiger partial charge >= 0.3 is 0 Å². The lowest BCUT2D eigenvalue weighted by atomic mass is 9.78. The van der Waals surface area contributed by atoms with Crippen LogP contribution >= 0.6 is 15.9 Å². The Labute approximate surface area is 105 Å². The zero-order chi connectivity index (χ0) is 11.3. The number of halogens is 1. The highest BCUT2D eigenvalue weighted by molar-refractivity contribution is 9.09. The first kappa shape index (κ1) is 10.3. The summed E-state index contributed by atoms with van der Waals surface area (Å²) >= 11 is 3.82. The number of benzene rings is 1. The highest BCUT2D eigenvalue weighted by atomic mass is 79.9. The first-order valence-corrected chi connectivity index (χ1v) is 6.69. The van der Waals surface area contributed by atoms with Crippen LogP contribution in [0.1, 0.15) is 31.4 Å². The van der Waals surface area contributed by atoms with Gasteiger partial charge in [-0.2, -0.15) is 0 Å². The van der Waals surface area contributed by atoms with Gasteiger partial charge in [-0.05, 0) is 28.7 Å². The lowest BCUT2D eigenvalue weighted by Gasteiger charge is -2.29. The van der Waals surface area contributed by atoms with E-state index in [0.29, 0.717) is 4.83 Å². The molecule has 0 aliphatic heterocycles. The summed E-state index contributed by atoms with van der Waals surface area (Å²) in [6.45, 7) is 4.67. The molecule has 0 aromatic heterocycles. The molecule has 2 aliphatic rings. The summed E-state index contributed by atoms with van der Waals surface area (Å²) < 4.78 is 0. The summed E-state index contributed by atoms with van der Waals surface area (Å²) in [6.07, 6.45) is 5.67. The summed E-state index contributed by atoms with van der Waals surface area (Å²) in [5.41, 5.74) is 6.05. The van der Waals surface area contributed by atoms with Gasteiger partial charge in [-0.25, -0.2) is 0 Å². The zero-order valence-electron chi connectivity index (χ0n) is 9.63. The Balaban J connectivity index is 2.30. The van der Waals surface area contributed by atoms with Crippen molar-refractivity contribution in [1.82, 2.24) is 0 Å². The molecule has 2 aliphatic carbocycles. The van der Waals surface area contributed by atoms with Gasteiger partial charge in [-0.1, -0.05) is 66.2 Å². The van der Waals surface area contributed by atoms with Crippen molar-refractivity contribution in [2.75, 3.05) is 0 Å². The monoisotopic (exact) mass is 274 g/mol. The van der Waals surface area contributed by atoms with Crippen LogP contribution in [0.2, 0.25) is 0 Å². The third-order valence-electron chi connectivity index (χ3n) is 3.79. The van der Waals surface area contributed by atoms with Crippen molar-refractivity contribution < 1.29 is 0 Å². The molecule has 0 fully saturated rings. The summed E-state index contributed by atoms with van der Waals surface area (Å²) in [6, 6.07) is 8.79. The minimum absolute atomic E-state index is 0.171.